The van der Waals surface area contributed by atoms with Gasteiger partial charge in [-0.2, -0.15) is 0 Å². The van der Waals surface area contributed by atoms with E-state index in [1.165, 1.54) is 86.5 Å². The molecule has 47 heavy (non-hydrogen) atoms. The van der Waals surface area contributed by atoms with Crippen molar-refractivity contribution >= 4 is 30.5 Å². The number of nitrogens with zero attached hydrogens (tertiary/aromatic N) is 4. The van der Waals surface area contributed by atoms with Crippen molar-refractivity contribution in [3.8, 4) is 0 Å². The maximum absolute atomic E-state index is 4.81. The van der Waals surface area contributed by atoms with Crippen LogP contribution < -0.4 is 0 Å². The third kappa shape index (κ3) is 11.2. The predicted molar refractivity (Wildman–Crippen MR) is 204 cm³/mol. The number of hydrogen-bond donors (Lipinski definition) is 0. The minimum Gasteiger partial charge on any atom is -0.293 e. The van der Waals surface area contributed by atoms with Gasteiger partial charge in [0.2, 0.25) is 0 Å². The smallest absolute Gasteiger partial charge is 0.0632 e. The van der Waals surface area contributed by atoms with E-state index in [4.69, 9.17) is 9.98 Å². The molecule has 244 valence electrons. The highest BCUT2D eigenvalue weighted by Gasteiger charge is 2.31. The molecule has 2 atom stereocenters. The largest absolute Gasteiger partial charge is 0.293 e. The lowest BCUT2D eigenvalue weighted by atomic mass is 9.88. The molecule has 5 rings (SSSR count). The second-order valence-corrected chi connectivity index (χ2v) is 13.1. The van der Waals surface area contributed by atoms with E-state index < -0.39 is 0 Å². The van der Waals surface area contributed by atoms with E-state index in [2.05, 4.69) is 102 Å². The van der Waals surface area contributed by atoms with Crippen molar-refractivity contribution in [2.75, 3.05) is 13.1 Å². The van der Waals surface area contributed by atoms with E-state index in [0.717, 1.165) is 42.0 Å². The molecule has 0 saturated heterocycles. The van der Waals surface area contributed by atoms with Crippen LogP contribution in [-0.2, 0) is 6.42 Å². The number of benzene rings is 3. The van der Waals surface area contributed by atoms with Gasteiger partial charge in [0.15, 0.2) is 0 Å². The van der Waals surface area contributed by atoms with Crippen LogP contribution in [0.2, 0.25) is 0 Å². The van der Waals surface area contributed by atoms with E-state index >= 15 is 0 Å². The van der Waals surface area contributed by atoms with Gasteiger partial charge >= 0.3 is 0 Å². The fourth-order valence-electron chi connectivity index (χ4n) is 6.69. The minimum absolute atomic E-state index is 0.460. The van der Waals surface area contributed by atoms with Gasteiger partial charge in [-0.15, -0.1) is 0 Å². The van der Waals surface area contributed by atoms with Gasteiger partial charge in [-0.3, -0.25) is 20.0 Å². The molecule has 2 aliphatic rings. The standard InChI is InChI=1S/C43H52N4/c1-3-46-40-20-22-42-38(29-40)28-39-30-41(21-23-43(39)42)47-33-37-19-15-18-36(27-37)32-45-25-13-11-9-7-5-4-6-8-10-12-24-44-31-35-17-14-16-34(2)26-35/h3,14-23,26-27,29-33,38,42H,4-13,24-25,28H2,1-2H3. The second kappa shape index (κ2) is 18.8. The van der Waals surface area contributed by atoms with Crippen LogP contribution in [0.3, 0.4) is 0 Å². The van der Waals surface area contributed by atoms with Crippen LogP contribution in [-0.4, -0.2) is 37.9 Å². The molecule has 0 N–H and O–H groups in total. The summed E-state index contributed by atoms with van der Waals surface area (Å²) in [6, 6.07) is 23.7. The summed E-state index contributed by atoms with van der Waals surface area (Å²) in [6.07, 6.45) is 28.7. The summed E-state index contributed by atoms with van der Waals surface area (Å²) >= 11 is 0. The number of allylic oxidation sites excluding steroid dienone is 3. The number of rotatable bonds is 18. The monoisotopic (exact) mass is 624 g/mol. The Kier molecular flexibility index (Phi) is 13.7. The fraction of sp³-hybridized carbons (Fsp3) is 0.395. The number of fused-ring (bicyclic) bond motifs is 3. The number of hydrogen-bond acceptors (Lipinski definition) is 4. The van der Waals surface area contributed by atoms with Crippen LogP contribution in [0, 0.1) is 12.8 Å². The van der Waals surface area contributed by atoms with Crippen molar-refractivity contribution < 1.29 is 0 Å². The van der Waals surface area contributed by atoms with Crippen LogP contribution in [0.4, 0.5) is 5.69 Å². The van der Waals surface area contributed by atoms with Crippen molar-refractivity contribution in [2.45, 2.75) is 90.4 Å². The normalized spacial score (nSPS) is 17.4. The molecule has 0 fully saturated rings. The lowest BCUT2D eigenvalue weighted by molar-refractivity contribution is 0.555. The summed E-state index contributed by atoms with van der Waals surface area (Å²) in [5.74, 6) is 0.956. The summed E-state index contributed by atoms with van der Waals surface area (Å²) < 4.78 is 0. The van der Waals surface area contributed by atoms with Crippen molar-refractivity contribution in [1.82, 2.24) is 0 Å². The van der Waals surface area contributed by atoms with Crippen LogP contribution in [0.15, 0.2) is 111 Å². The summed E-state index contributed by atoms with van der Waals surface area (Å²) in [4.78, 5) is 18.6. The molecule has 0 saturated carbocycles. The fourth-order valence-corrected chi connectivity index (χ4v) is 6.69. The van der Waals surface area contributed by atoms with Gasteiger partial charge in [0.25, 0.3) is 0 Å². The van der Waals surface area contributed by atoms with Crippen LogP contribution in [0.1, 0.15) is 110 Å². The molecular weight excluding hydrogens is 573 g/mol. The molecule has 0 amide bonds. The van der Waals surface area contributed by atoms with E-state index in [9.17, 15) is 0 Å². The van der Waals surface area contributed by atoms with Crippen molar-refractivity contribution in [3.05, 3.63) is 124 Å². The van der Waals surface area contributed by atoms with E-state index in [1.54, 1.807) is 0 Å². The molecule has 0 heterocycles. The molecule has 0 spiro atoms. The van der Waals surface area contributed by atoms with Crippen LogP contribution in [0.25, 0.3) is 0 Å². The molecular formula is C43H52N4. The maximum Gasteiger partial charge on any atom is 0.0632 e. The molecule has 2 aliphatic carbocycles. The first-order valence-corrected chi connectivity index (χ1v) is 17.9. The van der Waals surface area contributed by atoms with Gasteiger partial charge in [-0.25, -0.2) is 0 Å². The third-order valence-corrected chi connectivity index (χ3v) is 9.16. The first kappa shape index (κ1) is 34.2. The van der Waals surface area contributed by atoms with E-state index in [0.29, 0.717) is 11.8 Å². The lowest BCUT2D eigenvalue weighted by Crippen LogP contribution is -2.06. The third-order valence-electron chi connectivity index (χ3n) is 9.16. The topological polar surface area (TPSA) is 49.4 Å². The number of unbranched alkanes of at least 4 members (excludes halogenated alkanes) is 9. The zero-order chi connectivity index (χ0) is 32.5. The van der Waals surface area contributed by atoms with Crippen molar-refractivity contribution in [3.63, 3.8) is 0 Å². The average molecular weight is 625 g/mol. The highest BCUT2D eigenvalue weighted by atomic mass is 14.7. The Bertz CT molecular complexity index is 1610. The molecule has 2 unspecified atom stereocenters. The molecule has 3 aromatic carbocycles. The zero-order valence-corrected chi connectivity index (χ0v) is 28.5. The first-order valence-electron chi connectivity index (χ1n) is 17.9. The Hall–Kier alpha value is -4.18. The van der Waals surface area contributed by atoms with Crippen LogP contribution >= 0.6 is 0 Å². The van der Waals surface area contributed by atoms with E-state index in [-0.39, 0.29) is 0 Å². The Labute approximate surface area is 283 Å². The average Bonchev–Trinajstić information content (AvgIpc) is 3.44. The lowest BCUT2D eigenvalue weighted by Gasteiger charge is -2.17. The first-order chi connectivity index (χ1) is 23.2. The van der Waals surface area contributed by atoms with Crippen molar-refractivity contribution in [1.29, 1.82) is 0 Å². The summed E-state index contributed by atoms with van der Waals surface area (Å²) in [5, 5.41) is 0. The molecule has 0 aliphatic heterocycles. The molecule has 0 bridgehead atoms. The zero-order valence-electron chi connectivity index (χ0n) is 28.5. The second-order valence-electron chi connectivity index (χ2n) is 13.1. The van der Waals surface area contributed by atoms with Crippen LogP contribution in [0.5, 0.6) is 0 Å². The van der Waals surface area contributed by atoms with Gasteiger partial charge in [0.05, 0.1) is 11.4 Å². The summed E-state index contributed by atoms with van der Waals surface area (Å²) in [7, 11) is 0. The molecule has 4 heteroatoms. The van der Waals surface area contributed by atoms with Gasteiger partial charge < -0.3 is 0 Å². The van der Waals surface area contributed by atoms with Gasteiger partial charge in [-0.1, -0.05) is 118 Å². The van der Waals surface area contributed by atoms with Gasteiger partial charge in [-0.05, 0) is 91.1 Å². The van der Waals surface area contributed by atoms with E-state index in [1.807, 2.05) is 31.8 Å². The number of aryl methyl sites for hydroxylation is 1. The molecule has 3 aromatic rings. The Morgan fingerprint density at radius 2 is 1.28 bits per heavy atom. The van der Waals surface area contributed by atoms with Crippen molar-refractivity contribution in [2.24, 2.45) is 25.9 Å². The SMILES string of the molecule is CC=NC1=CC2Cc3cc(N=Cc4cccc(C=NCCCCCCCCCCCCN=Cc5cccc(C)c5)c4)ccc3C2C=C1. The predicted octanol–water partition coefficient (Wildman–Crippen LogP) is 11.0. The highest BCUT2D eigenvalue weighted by molar-refractivity contribution is 5.87. The molecule has 0 aromatic heterocycles. The molecule has 4 nitrogen and oxygen atoms in total. The highest BCUT2D eigenvalue weighted by Crippen LogP contribution is 2.43. The summed E-state index contributed by atoms with van der Waals surface area (Å²) in [5.41, 5.74) is 9.65. The van der Waals surface area contributed by atoms with Gasteiger partial charge in [0, 0.05) is 43.9 Å². The Morgan fingerprint density at radius 3 is 1.94 bits per heavy atom. The van der Waals surface area contributed by atoms with Gasteiger partial charge in [0.1, 0.15) is 0 Å². The Morgan fingerprint density at radius 1 is 0.660 bits per heavy atom. The summed E-state index contributed by atoms with van der Waals surface area (Å²) in [6.45, 7) is 5.94. The Balaban J connectivity index is 0.913. The minimum atomic E-state index is 0.460. The number of aliphatic imine (C=N–C) groups is 4. The maximum atomic E-state index is 4.81. The molecule has 0 radical (unpaired) electrons. The quantitative estimate of drug-likeness (QED) is 0.0999.